The van der Waals surface area contributed by atoms with E-state index in [2.05, 4.69) is 15.5 Å². The number of nitro groups is 1. The Morgan fingerprint density at radius 1 is 1.19 bits per heavy atom. The second-order valence-corrected chi connectivity index (χ2v) is 6.44. The Bertz CT molecular complexity index is 1070. The van der Waals surface area contributed by atoms with Crippen LogP contribution in [0.1, 0.15) is 40.4 Å². The molecule has 0 atom stereocenters. The molecule has 7 nitrogen and oxygen atoms in total. The second-order valence-electron chi connectivity index (χ2n) is 6.44. The Kier molecular flexibility index (Phi) is 4.33. The first-order chi connectivity index (χ1) is 13.1. The van der Waals surface area contributed by atoms with Crippen LogP contribution < -0.4 is 5.43 Å². The van der Waals surface area contributed by atoms with Crippen molar-refractivity contribution in [3.8, 4) is 0 Å². The average Bonchev–Trinajstić information content (AvgIpc) is 3.52. The summed E-state index contributed by atoms with van der Waals surface area (Å²) in [6, 6.07) is 15.4. The fraction of sp³-hybridized carbons (Fsp3) is 0.150. The van der Waals surface area contributed by atoms with E-state index in [-0.39, 0.29) is 11.6 Å². The van der Waals surface area contributed by atoms with Gasteiger partial charge in [-0.05, 0) is 25.0 Å². The second kappa shape index (κ2) is 6.95. The molecule has 0 spiro atoms. The molecular weight excluding hydrogens is 344 g/mol. The quantitative estimate of drug-likeness (QED) is 0.425. The molecule has 1 N–H and O–H groups in total. The third-order valence-corrected chi connectivity index (χ3v) is 4.44. The molecule has 1 heterocycles. The van der Waals surface area contributed by atoms with Crippen LogP contribution in [0.25, 0.3) is 10.9 Å². The lowest BCUT2D eigenvalue weighted by Gasteiger charge is -2.08. The molecule has 1 amide bonds. The van der Waals surface area contributed by atoms with E-state index < -0.39 is 4.92 Å². The molecule has 7 heteroatoms. The zero-order chi connectivity index (χ0) is 18.8. The van der Waals surface area contributed by atoms with Gasteiger partial charge in [-0.15, -0.1) is 0 Å². The molecule has 0 radical (unpaired) electrons. The molecule has 4 rings (SSSR count). The summed E-state index contributed by atoms with van der Waals surface area (Å²) in [6.07, 6.45) is 3.57. The van der Waals surface area contributed by atoms with Crippen molar-refractivity contribution in [3.05, 3.63) is 81.5 Å². The number of nitrogens with zero attached hydrogens (tertiary/aromatic N) is 3. The van der Waals surface area contributed by atoms with Crippen molar-refractivity contribution in [2.75, 3.05) is 0 Å². The number of hydrogen-bond donors (Lipinski definition) is 1. The SMILES string of the molecule is O=C(N/N=C\c1cccc([N+](=O)[O-])c1)c1cc(C2CC2)nc2ccccc12. The van der Waals surface area contributed by atoms with Crippen LogP contribution in [0.15, 0.2) is 59.7 Å². The number of carbonyl (C=O) groups is 1. The summed E-state index contributed by atoms with van der Waals surface area (Å²) < 4.78 is 0. The molecule has 1 fully saturated rings. The topological polar surface area (TPSA) is 97.5 Å². The van der Waals surface area contributed by atoms with Gasteiger partial charge in [0.25, 0.3) is 11.6 Å². The van der Waals surface area contributed by atoms with Gasteiger partial charge in [-0.25, -0.2) is 5.43 Å². The maximum absolute atomic E-state index is 12.7. The number of amides is 1. The van der Waals surface area contributed by atoms with E-state index in [9.17, 15) is 14.9 Å². The first-order valence-electron chi connectivity index (χ1n) is 8.59. The van der Waals surface area contributed by atoms with Crippen LogP contribution in [-0.2, 0) is 0 Å². The predicted molar refractivity (Wildman–Crippen MR) is 102 cm³/mol. The number of hydrogen-bond acceptors (Lipinski definition) is 5. The number of carbonyl (C=O) groups excluding carboxylic acids is 1. The molecule has 134 valence electrons. The highest BCUT2D eigenvalue weighted by Gasteiger charge is 2.26. The molecule has 1 aliphatic rings. The standard InChI is InChI=1S/C20H16N4O3/c25-20(23-21-12-13-4-3-5-15(10-13)24(26)27)17-11-19(14-8-9-14)22-18-7-2-1-6-16(17)18/h1-7,10-12,14H,8-9H2,(H,23,25)/b21-12-. The molecule has 1 aromatic heterocycles. The van der Waals surface area contributed by atoms with Gasteiger partial charge in [0.2, 0.25) is 0 Å². The highest BCUT2D eigenvalue weighted by Crippen LogP contribution is 2.40. The number of benzene rings is 2. The van der Waals surface area contributed by atoms with Gasteiger partial charge in [0.1, 0.15) is 0 Å². The summed E-state index contributed by atoms with van der Waals surface area (Å²) in [5.41, 5.74) is 5.26. The predicted octanol–water partition coefficient (Wildman–Crippen LogP) is 3.78. The van der Waals surface area contributed by atoms with Gasteiger partial charge >= 0.3 is 0 Å². The maximum Gasteiger partial charge on any atom is 0.272 e. The smallest absolute Gasteiger partial charge is 0.267 e. The minimum absolute atomic E-state index is 0.0283. The van der Waals surface area contributed by atoms with Gasteiger partial charge < -0.3 is 0 Å². The van der Waals surface area contributed by atoms with E-state index in [4.69, 9.17) is 0 Å². The van der Waals surface area contributed by atoms with E-state index >= 15 is 0 Å². The van der Waals surface area contributed by atoms with Crippen molar-refractivity contribution in [2.24, 2.45) is 5.10 Å². The highest BCUT2D eigenvalue weighted by atomic mass is 16.6. The lowest BCUT2D eigenvalue weighted by Crippen LogP contribution is -2.18. The third-order valence-electron chi connectivity index (χ3n) is 4.44. The maximum atomic E-state index is 12.7. The normalized spacial score (nSPS) is 13.8. The monoisotopic (exact) mass is 360 g/mol. The molecule has 3 aromatic rings. The minimum atomic E-state index is -0.474. The first-order valence-corrected chi connectivity index (χ1v) is 8.59. The summed E-state index contributed by atoms with van der Waals surface area (Å²) in [6.45, 7) is 0. The zero-order valence-corrected chi connectivity index (χ0v) is 14.3. The van der Waals surface area contributed by atoms with Crippen LogP contribution in [0.2, 0.25) is 0 Å². The van der Waals surface area contributed by atoms with Gasteiger partial charge in [-0.3, -0.25) is 19.9 Å². The van der Waals surface area contributed by atoms with Gasteiger partial charge in [0.15, 0.2) is 0 Å². The minimum Gasteiger partial charge on any atom is -0.267 e. The highest BCUT2D eigenvalue weighted by molar-refractivity contribution is 6.06. The summed E-state index contributed by atoms with van der Waals surface area (Å²) in [5, 5.41) is 15.5. The van der Waals surface area contributed by atoms with Gasteiger partial charge in [0.05, 0.1) is 22.2 Å². The fourth-order valence-electron chi connectivity index (χ4n) is 2.92. The van der Waals surface area contributed by atoms with Crippen LogP contribution >= 0.6 is 0 Å². The van der Waals surface area contributed by atoms with Crippen molar-refractivity contribution in [1.82, 2.24) is 10.4 Å². The number of nitro benzene ring substituents is 1. The summed E-state index contributed by atoms with van der Waals surface area (Å²) in [4.78, 5) is 27.7. The number of para-hydroxylation sites is 1. The average molecular weight is 360 g/mol. The van der Waals surface area contributed by atoms with Crippen molar-refractivity contribution in [2.45, 2.75) is 18.8 Å². The van der Waals surface area contributed by atoms with Crippen molar-refractivity contribution in [3.63, 3.8) is 0 Å². The molecule has 0 unspecified atom stereocenters. The van der Waals surface area contributed by atoms with Crippen LogP contribution in [0, 0.1) is 10.1 Å². The van der Waals surface area contributed by atoms with Crippen LogP contribution in [0.4, 0.5) is 5.69 Å². The molecule has 0 aliphatic heterocycles. The number of non-ortho nitro benzene ring substituents is 1. The number of rotatable bonds is 5. The lowest BCUT2D eigenvalue weighted by molar-refractivity contribution is -0.384. The third kappa shape index (κ3) is 3.67. The number of hydrazone groups is 1. The molecule has 1 saturated carbocycles. The largest absolute Gasteiger partial charge is 0.272 e. The van der Waals surface area contributed by atoms with Crippen molar-refractivity contribution in [1.29, 1.82) is 0 Å². The van der Waals surface area contributed by atoms with Crippen molar-refractivity contribution >= 4 is 28.7 Å². The van der Waals surface area contributed by atoms with E-state index in [0.29, 0.717) is 17.0 Å². The Hall–Kier alpha value is -3.61. The summed E-state index contributed by atoms with van der Waals surface area (Å²) in [5.74, 6) is 0.0895. The number of aromatic nitrogens is 1. The summed E-state index contributed by atoms with van der Waals surface area (Å²) >= 11 is 0. The number of pyridine rings is 1. The molecule has 27 heavy (non-hydrogen) atoms. The molecule has 2 aromatic carbocycles. The molecule has 0 bridgehead atoms. The Morgan fingerprint density at radius 3 is 2.78 bits per heavy atom. The number of nitrogens with one attached hydrogen (secondary N) is 1. The zero-order valence-electron chi connectivity index (χ0n) is 14.3. The Morgan fingerprint density at radius 2 is 2.00 bits per heavy atom. The number of fused-ring (bicyclic) bond motifs is 1. The fourth-order valence-corrected chi connectivity index (χ4v) is 2.92. The van der Waals surface area contributed by atoms with Gasteiger partial charge in [-0.1, -0.05) is 30.3 Å². The molecule has 1 aliphatic carbocycles. The van der Waals surface area contributed by atoms with Crippen LogP contribution in [0.3, 0.4) is 0 Å². The van der Waals surface area contributed by atoms with E-state index in [1.54, 1.807) is 12.1 Å². The molecular formula is C20H16N4O3. The van der Waals surface area contributed by atoms with E-state index in [1.165, 1.54) is 18.3 Å². The first kappa shape index (κ1) is 16.8. The van der Waals surface area contributed by atoms with Crippen LogP contribution in [0.5, 0.6) is 0 Å². The van der Waals surface area contributed by atoms with E-state index in [1.807, 2.05) is 30.3 Å². The lowest BCUT2D eigenvalue weighted by atomic mass is 10.1. The summed E-state index contributed by atoms with van der Waals surface area (Å²) in [7, 11) is 0. The van der Waals surface area contributed by atoms with E-state index in [0.717, 1.165) is 29.4 Å². The van der Waals surface area contributed by atoms with Crippen LogP contribution in [-0.4, -0.2) is 22.0 Å². The Labute approximate surface area is 154 Å². The Balaban J connectivity index is 1.58. The van der Waals surface area contributed by atoms with Gasteiger partial charge in [-0.2, -0.15) is 5.10 Å². The van der Waals surface area contributed by atoms with Gasteiger partial charge in [0, 0.05) is 34.7 Å². The molecule has 0 saturated heterocycles. The van der Waals surface area contributed by atoms with Crippen molar-refractivity contribution < 1.29 is 9.72 Å².